The standard InChI is InChI=1S/C35H35N3O8S/c1-42-26-17-25(18-27(20-26)43-2)36-32(39)21-47-28-13-9-12-24(19-28)37-35(41)29(38-34(40)23-10-7-6-8-11-23)14-22-15-30(44-3)33(46-5)31(16-22)45-4/h6-20H,21H2,1-5H3,(H,36,39)(H,37,41)(H,38,40)/b29-14+. The molecule has 0 unspecified atom stereocenters. The summed E-state index contributed by atoms with van der Waals surface area (Å²) in [5.74, 6) is 1.08. The lowest BCUT2D eigenvalue weighted by Crippen LogP contribution is -2.30. The van der Waals surface area contributed by atoms with E-state index in [1.54, 1.807) is 78.9 Å². The van der Waals surface area contributed by atoms with Crippen LogP contribution in [0.25, 0.3) is 6.08 Å². The summed E-state index contributed by atoms with van der Waals surface area (Å²) >= 11 is 1.29. The number of nitrogens with one attached hydrogen (secondary N) is 3. The van der Waals surface area contributed by atoms with Crippen LogP contribution >= 0.6 is 11.8 Å². The molecule has 12 heteroatoms. The van der Waals surface area contributed by atoms with Gasteiger partial charge < -0.3 is 39.6 Å². The Kier molecular flexibility index (Phi) is 12.1. The van der Waals surface area contributed by atoms with Gasteiger partial charge in [-0.3, -0.25) is 14.4 Å². The van der Waals surface area contributed by atoms with Crippen molar-refractivity contribution in [3.63, 3.8) is 0 Å². The molecule has 0 radical (unpaired) electrons. The first-order valence-electron chi connectivity index (χ1n) is 14.2. The number of benzene rings is 4. The van der Waals surface area contributed by atoms with Crippen molar-refractivity contribution in [2.45, 2.75) is 4.90 Å². The molecular weight excluding hydrogens is 622 g/mol. The zero-order valence-electron chi connectivity index (χ0n) is 26.5. The summed E-state index contributed by atoms with van der Waals surface area (Å²) in [6, 6.07) is 24.0. The third kappa shape index (κ3) is 9.44. The van der Waals surface area contributed by atoms with Crippen molar-refractivity contribution in [1.29, 1.82) is 0 Å². The van der Waals surface area contributed by atoms with Crippen molar-refractivity contribution in [1.82, 2.24) is 5.32 Å². The van der Waals surface area contributed by atoms with Gasteiger partial charge in [0.25, 0.3) is 11.8 Å². The van der Waals surface area contributed by atoms with Crippen LogP contribution in [-0.4, -0.2) is 59.0 Å². The monoisotopic (exact) mass is 657 g/mol. The molecule has 0 heterocycles. The molecule has 0 aliphatic rings. The van der Waals surface area contributed by atoms with Crippen LogP contribution in [0.3, 0.4) is 0 Å². The number of hydrogen-bond donors (Lipinski definition) is 3. The van der Waals surface area contributed by atoms with Gasteiger partial charge in [0.05, 0.1) is 41.3 Å². The van der Waals surface area contributed by atoms with Crippen molar-refractivity contribution in [2.75, 3.05) is 51.9 Å². The highest BCUT2D eigenvalue weighted by molar-refractivity contribution is 8.00. The molecular formula is C35H35N3O8S. The average Bonchev–Trinajstić information content (AvgIpc) is 3.10. The molecule has 0 aliphatic carbocycles. The summed E-state index contributed by atoms with van der Waals surface area (Å²) in [5.41, 5.74) is 1.86. The van der Waals surface area contributed by atoms with Crippen LogP contribution in [0.2, 0.25) is 0 Å². The number of ether oxygens (including phenoxy) is 5. The zero-order valence-corrected chi connectivity index (χ0v) is 27.4. The van der Waals surface area contributed by atoms with E-state index in [0.717, 1.165) is 4.90 Å². The van der Waals surface area contributed by atoms with Crippen molar-refractivity contribution in [2.24, 2.45) is 0 Å². The molecule has 0 aliphatic heterocycles. The maximum atomic E-state index is 13.6. The smallest absolute Gasteiger partial charge is 0.272 e. The first-order chi connectivity index (χ1) is 22.8. The fourth-order valence-electron chi connectivity index (χ4n) is 4.38. The molecule has 4 aromatic rings. The van der Waals surface area contributed by atoms with Gasteiger partial charge in [-0.15, -0.1) is 11.8 Å². The molecule has 0 saturated heterocycles. The predicted octanol–water partition coefficient (Wildman–Crippen LogP) is 5.87. The second-order valence-electron chi connectivity index (χ2n) is 9.76. The molecule has 4 rings (SSSR count). The lowest BCUT2D eigenvalue weighted by Gasteiger charge is -2.15. The number of amides is 3. The Labute approximate surface area is 277 Å². The van der Waals surface area contributed by atoms with Crippen molar-refractivity contribution in [3.05, 3.63) is 102 Å². The fraction of sp³-hybridized carbons (Fsp3) is 0.171. The van der Waals surface area contributed by atoms with E-state index in [1.807, 2.05) is 6.07 Å². The van der Waals surface area contributed by atoms with E-state index in [2.05, 4.69) is 16.0 Å². The van der Waals surface area contributed by atoms with Crippen LogP contribution in [0.15, 0.2) is 95.5 Å². The molecule has 0 spiro atoms. The highest BCUT2D eigenvalue weighted by atomic mass is 32.2. The zero-order chi connectivity index (χ0) is 33.8. The van der Waals surface area contributed by atoms with Gasteiger partial charge in [-0.2, -0.15) is 0 Å². The van der Waals surface area contributed by atoms with E-state index >= 15 is 0 Å². The van der Waals surface area contributed by atoms with Gasteiger partial charge in [0.15, 0.2) is 11.5 Å². The minimum atomic E-state index is -0.574. The van der Waals surface area contributed by atoms with Crippen LogP contribution in [0.5, 0.6) is 28.7 Å². The van der Waals surface area contributed by atoms with E-state index in [1.165, 1.54) is 53.4 Å². The van der Waals surface area contributed by atoms with Crippen LogP contribution < -0.4 is 39.6 Å². The molecule has 244 valence electrons. The van der Waals surface area contributed by atoms with E-state index in [9.17, 15) is 14.4 Å². The normalized spacial score (nSPS) is 10.8. The lowest BCUT2D eigenvalue weighted by molar-refractivity contribution is -0.114. The quantitative estimate of drug-likeness (QED) is 0.112. The summed E-state index contributed by atoms with van der Waals surface area (Å²) in [4.78, 5) is 40.2. The van der Waals surface area contributed by atoms with Crippen molar-refractivity contribution < 1.29 is 38.1 Å². The second kappa shape index (κ2) is 16.6. The van der Waals surface area contributed by atoms with E-state index in [0.29, 0.717) is 51.2 Å². The fourth-order valence-corrected chi connectivity index (χ4v) is 5.14. The number of methoxy groups -OCH3 is 5. The number of carbonyl (C=O) groups is 3. The molecule has 0 atom stereocenters. The van der Waals surface area contributed by atoms with Gasteiger partial charge in [-0.1, -0.05) is 24.3 Å². The van der Waals surface area contributed by atoms with Gasteiger partial charge in [-0.05, 0) is 54.1 Å². The number of carbonyl (C=O) groups excluding carboxylic acids is 3. The first kappa shape index (κ1) is 34.3. The van der Waals surface area contributed by atoms with Gasteiger partial charge in [-0.25, -0.2) is 0 Å². The van der Waals surface area contributed by atoms with E-state index in [4.69, 9.17) is 23.7 Å². The lowest BCUT2D eigenvalue weighted by atomic mass is 10.1. The second-order valence-corrected chi connectivity index (χ2v) is 10.8. The van der Waals surface area contributed by atoms with Crippen molar-refractivity contribution >= 4 is 46.9 Å². The Hall–Kier alpha value is -5.62. The third-order valence-corrected chi connectivity index (χ3v) is 7.62. The molecule has 4 aromatic carbocycles. The van der Waals surface area contributed by atoms with Gasteiger partial charge in [0.2, 0.25) is 11.7 Å². The number of thioether (sulfide) groups is 1. The number of rotatable bonds is 14. The minimum Gasteiger partial charge on any atom is -0.497 e. The molecule has 3 N–H and O–H groups in total. The topological polar surface area (TPSA) is 133 Å². The number of hydrogen-bond acceptors (Lipinski definition) is 9. The molecule has 0 fully saturated rings. The summed E-state index contributed by atoms with van der Waals surface area (Å²) in [5, 5.41) is 8.40. The molecule has 0 saturated carbocycles. The van der Waals surface area contributed by atoms with Crippen molar-refractivity contribution in [3.8, 4) is 28.7 Å². The Bertz CT molecular complexity index is 1710. The van der Waals surface area contributed by atoms with Crippen LogP contribution in [-0.2, 0) is 9.59 Å². The van der Waals surface area contributed by atoms with Crippen LogP contribution in [0.4, 0.5) is 11.4 Å². The minimum absolute atomic E-state index is 0.0284. The van der Waals surface area contributed by atoms with Gasteiger partial charge >= 0.3 is 0 Å². The summed E-state index contributed by atoms with van der Waals surface area (Å²) in [7, 11) is 7.53. The maximum absolute atomic E-state index is 13.6. The molecule has 0 aromatic heterocycles. The Morgan fingerprint density at radius 3 is 1.94 bits per heavy atom. The highest BCUT2D eigenvalue weighted by Gasteiger charge is 2.18. The Morgan fingerprint density at radius 1 is 0.681 bits per heavy atom. The highest BCUT2D eigenvalue weighted by Crippen LogP contribution is 2.38. The maximum Gasteiger partial charge on any atom is 0.272 e. The largest absolute Gasteiger partial charge is 0.497 e. The number of anilines is 2. The molecule has 3 amide bonds. The summed E-state index contributed by atoms with van der Waals surface area (Å²) in [6.07, 6.45) is 1.51. The predicted molar refractivity (Wildman–Crippen MR) is 182 cm³/mol. The molecule has 47 heavy (non-hydrogen) atoms. The Balaban J connectivity index is 1.52. The van der Waals surface area contributed by atoms with E-state index in [-0.39, 0.29) is 17.4 Å². The van der Waals surface area contributed by atoms with Crippen LogP contribution in [0.1, 0.15) is 15.9 Å². The first-order valence-corrected chi connectivity index (χ1v) is 15.2. The van der Waals surface area contributed by atoms with E-state index < -0.39 is 11.8 Å². The summed E-state index contributed by atoms with van der Waals surface area (Å²) in [6.45, 7) is 0. The average molecular weight is 658 g/mol. The Morgan fingerprint density at radius 2 is 1.34 bits per heavy atom. The third-order valence-electron chi connectivity index (χ3n) is 6.62. The van der Waals surface area contributed by atoms with Gasteiger partial charge in [0.1, 0.15) is 17.2 Å². The SMILES string of the molecule is COc1cc(NC(=O)CSc2cccc(NC(=O)/C(=C\c3cc(OC)c(OC)c(OC)c3)NC(=O)c3ccccc3)c2)cc(OC)c1. The molecule has 0 bridgehead atoms. The van der Waals surface area contributed by atoms with Gasteiger partial charge in [0, 0.05) is 40.0 Å². The van der Waals surface area contributed by atoms with Crippen LogP contribution in [0, 0.1) is 0 Å². The summed E-state index contributed by atoms with van der Waals surface area (Å²) < 4.78 is 26.8. The molecule has 11 nitrogen and oxygen atoms in total.